The van der Waals surface area contributed by atoms with Gasteiger partial charge >= 0.3 is 0 Å². The Morgan fingerprint density at radius 2 is 1.61 bits per heavy atom. The van der Waals surface area contributed by atoms with E-state index in [1.807, 2.05) is 18.2 Å². The van der Waals surface area contributed by atoms with Crippen LogP contribution in [-0.2, 0) is 16.4 Å². The quantitative estimate of drug-likeness (QED) is 0.524. The first-order valence-corrected chi connectivity index (χ1v) is 10.8. The molecule has 0 radical (unpaired) electrons. The molecule has 1 heterocycles. The molecule has 28 heavy (non-hydrogen) atoms. The highest BCUT2D eigenvalue weighted by atomic mass is 32.2. The predicted octanol–water partition coefficient (Wildman–Crippen LogP) is 2.92. The molecule has 3 rings (SSSR count). The van der Waals surface area contributed by atoms with Crippen molar-refractivity contribution in [3.63, 3.8) is 0 Å². The third-order valence-corrected chi connectivity index (χ3v) is 7.19. The molecule has 0 unspecified atom stereocenters. The maximum absolute atomic E-state index is 12.8. The Morgan fingerprint density at radius 1 is 1.00 bits per heavy atom. The van der Waals surface area contributed by atoms with Crippen LogP contribution < -0.4 is 0 Å². The van der Waals surface area contributed by atoms with Crippen molar-refractivity contribution in [1.29, 1.82) is 0 Å². The minimum atomic E-state index is -3.62. The Morgan fingerprint density at radius 3 is 2.18 bits per heavy atom. The first-order valence-electron chi connectivity index (χ1n) is 9.40. The van der Waals surface area contributed by atoms with Gasteiger partial charge in [-0.3, -0.25) is 15.0 Å². The number of hydrogen-bond acceptors (Lipinski definition) is 5. The van der Waals surface area contributed by atoms with Crippen LogP contribution >= 0.6 is 0 Å². The third kappa shape index (κ3) is 4.76. The van der Waals surface area contributed by atoms with Crippen molar-refractivity contribution in [3.05, 3.63) is 70.3 Å². The molecule has 0 aliphatic carbocycles. The fourth-order valence-electron chi connectivity index (χ4n) is 3.48. The number of nitro benzene ring substituents is 1. The SMILES string of the molecule is C[C@@H](CCc1ccccc1)N1CCN(S(=O)(=O)c2ccc([N+](=O)[O-])cc2)CC1. The van der Waals surface area contributed by atoms with E-state index in [-0.39, 0.29) is 10.6 Å². The van der Waals surface area contributed by atoms with Gasteiger partial charge in [-0.2, -0.15) is 4.31 Å². The zero-order valence-corrected chi connectivity index (χ0v) is 16.7. The van der Waals surface area contributed by atoms with Gasteiger partial charge in [0, 0.05) is 44.4 Å². The lowest BCUT2D eigenvalue weighted by Gasteiger charge is -2.37. The zero-order valence-electron chi connectivity index (χ0n) is 15.9. The van der Waals surface area contributed by atoms with Crippen LogP contribution in [0.3, 0.4) is 0 Å². The van der Waals surface area contributed by atoms with Gasteiger partial charge in [-0.25, -0.2) is 8.42 Å². The lowest BCUT2D eigenvalue weighted by Crippen LogP contribution is -2.51. The van der Waals surface area contributed by atoms with Gasteiger partial charge in [-0.1, -0.05) is 30.3 Å². The molecule has 1 fully saturated rings. The minimum Gasteiger partial charge on any atom is -0.298 e. The van der Waals surface area contributed by atoms with E-state index in [0.29, 0.717) is 32.2 Å². The Hall–Kier alpha value is -2.29. The van der Waals surface area contributed by atoms with Crippen LogP contribution in [0.1, 0.15) is 18.9 Å². The summed E-state index contributed by atoms with van der Waals surface area (Å²) < 4.78 is 27.1. The summed E-state index contributed by atoms with van der Waals surface area (Å²) in [4.78, 5) is 12.6. The number of nitrogens with zero attached hydrogens (tertiary/aromatic N) is 3. The molecule has 0 saturated carbocycles. The van der Waals surface area contributed by atoms with Gasteiger partial charge in [-0.15, -0.1) is 0 Å². The summed E-state index contributed by atoms with van der Waals surface area (Å²) in [5, 5.41) is 10.7. The molecule has 1 saturated heterocycles. The Labute approximate surface area is 165 Å². The monoisotopic (exact) mass is 403 g/mol. The minimum absolute atomic E-state index is 0.101. The number of hydrogen-bond donors (Lipinski definition) is 0. The number of piperazine rings is 1. The smallest absolute Gasteiger partial charge is 0.269 e. The van der Waals surface area contributed by atoms with E-state index < -0.39 is 14.9 Å². The second-order valence-corrected chi connectivity index (χ2v) is 9.00. The topological polar surface area (TPSA) is 83.8 Å². The average Bonchev–Trinajstić information content (AvgIpc) is 2.73. The highest BCUT2D eigenvalue weighted by Gasteiger charge is 2.30. The van der Waals surface area contributed by atoms with Crippen molar-refractivity contribution in [3.8, 4) is 0 Å². The summed E-state index contributed by atoms with van der Waals surface area (Å²) in [5.41, 5.74) is 1.20. The fraction of sp³-hybridized carbons (Fsp3) is 0.400. The van der Waals surface area contributed by atoms with Crippen LogP contribution in [0, 0.1) is 10.1 Å². The molecule has 1 aliphatic heterocycles. The van der Waals surface area contributed by atoms with Gasteiger partial charge in [0.05, 0.1) is 9.82 Å². The summed E-state index contributed by atoms with van der Waals surface area (Å²) in [6.45, 7) is 4.40. The molecule has 2 aromatic carbocycles. The van der Waals surface area contributed by atoms with Crippen molar-refractivity contribution >= 4 is 15.7 Å². The molecule has 1 aliphatic rings. The second-order valence-electron chi connectivity index (χ2n) is 7.06. The maximum Gasteiger partial charge on any atom is 0.269 e. The lowest BCUT2D eigenvalue weighted by molar-refractivity contribution is -0.384. The first-order chi connectivity index (χ1) is 13.4. The molecule has 0 bridgehead atoms. The fourth-order valence-corrected chi connectivity index (χ4v) is 4.90. The summed E-state index contributed by atoms with van der Waals surface area (Å²) in [7, 11) is -3.62. The van der Waals surface area contributed by atoms with Gasteiger partial charge < -0.3 is 0 Å². The summed E-state index contributed by atoms with van der Waals surface area (Å²) in [6, 6.07) is 15.8. The van der Waals surface area contributed by atoms with Crippen LogP contribution in [0.5, 0.6) is 0 Å². The lowest BCUT2D eigenvalue weighted by atomic mass is 10.0. The number of non-ortho nitro benzene ring substituents is 1. The standard InChI is InChI=1S/C20H25N3O4S/c1-17(7-8-18-5-3-2-4-6-18)21-13-15-22(16-14-21)28(26,27)20-11-9-19(10-12-20)23(24)25/h2-6,9-12,17H,7-8,13-16H2,1H3/t17-/m0/s1. The third-order valence-electron chi connectivity index (χ3n) is 5.28. The van der Waals surface area contributed by atoms with Gasteiger partial charge in [0.1, 0.15) is 0 Å². The molecule has 1 atom stereocenters. The highest BCUT2D eigenvalue weighted by molar-refractivity contribution is 7.89. The predicted molar refractivity (Wildman–Crippen MR) is 108 cm³/mol. The number of benzene rings is 2. The van der Waals surface area contributed by atoms with E-state index in [1.165, 1.54) is 34.1 Å². The largest absolute Gasteiger partial charge is 0.298 e. The van der Waals surface area contributed by atoms with Crippen molar-refractivity contribution in [2.45, 2.75) is 30.7 Å². The molecule has 2 aromatic rings. The molecule has 0 aromatic heterocycles. The van der Waals surface area contributed by atoms with Crippen LogP contribution in [0.15, 0.2) is 59.5 Å². The van der Waals surface area contributed by atoms with Crippen molar-refractivity contribution in [2.75, 3.05) is 26.2 Å². The van der Waals surface area contributed by atoms with Gasteiger partial charge in [0.15, 0.2) is 0 Å². The maximum atomic E-state index is 12.8. The van der Waals surface area contributed by atoms with Gasteiger partial charge in [-0.05, 0) is 37.5 Å². The van der Waals surface area contributed by atoms with Gasteiger partial charge in [0.2, 0.25) is 10.0 Å². The number of aryl methyl sites for hydroxylation is 1. The second kappa shape index (κ2) is 8.81. The number of sulfonamides is 1. The van der Waals surface area contributed by atoms with Crippen molar-refractivity contribution in [2.24, 2.45) is 0 Å². The van der Waals surface area contributed by atoms with E-state index in [2.05, 4.69) is 24.0 Å². The molecular weight excluding hydrogens is 378 g/mol. The normalized spacial score (nSPS) is 17.3. The van der Waals surface area contributed by atoms with E-state index in [1.54, 1.807) is 0 Å². The number of nitro groups is 1. The van der Waals surface area contributed by atoms with E-state index in [0.717, 1.165) is 12.8 Å². The van der Waals surface area contributed by atoms with Crippen molar-refractivity contribution in [1.82, 2.24) is 9.21 Å². The van der Waals surface area contributed by atoms with E-state index >= 15 is 0 Å². The van der Waals surface area contributed by atoms with E-state index in [4.69, 9.17) is 0 Å². The van der Waals surface area contributed by atoms with Gasteiger partial charge in [0.25, 0.3) is 5.69 Å². The molecule has 150 valence electrons. The molecule has 0 amide bonds. The van der Waals surface area contributed by atoms with Crippen LogP contribution in [0.2, 0.25) is 0 Å². The average molecular weight is 404 g/mol. The molecule has 7 nitrogen and oxygen atoms in total. The van der Waals surface area contributed by atoms with Crippen LogP contribution in [-0.4, -0.2) is 54.8 Å². The Bertz CT molecular complexity index is 893. The van der Waals surface area contributed by atoms with Crippen LogP contribution in [0.25, 0.3) is 0 Å². The Kier molecular flexibility index (Phi) is 6.43. The zero-order chi connectivity index (χ0) is 20.1. The highest BCUT2D eigenvalue weighted by Crippen LogP contribution is 2.22. The first kappa shape index (κ1) is 20.4. The molecular formula is C20H25N3O4S. The molecule has 0 spiro atoms. The molecule has 8 heteroatoms. The number of rotatable bonds is 7. The van der Waals surface area contributed by atoms with Crippen LogP contribution in [0.4, 0.5) is 5.69 Å². The summed E-state index contributed by atoms with van der Waals surface area (Å²) in [5.74, 6) is 0. The summed E-state index contributed by atoms with van der Waals surface area (Å²) >= 11 is 0. The molecule has 0 N–H and O–H groups in total. The van der Waals surface area contributed by atoms with E-state index in [9.17, 15) is 18.5 Å². The summed E-state index contributed by atoms with van der Waals surface area (Å²) in [6.07, 6.45) is 2.03. The Balaban J connectivity index is 1.55. The van der Waals surface area contributed by atoms with Crippen molar-refractivity contribution < 1.29 is 13.3 Å².